The summed E-state index contributed by atoms with van der Waals surface area (Å²) >= 11 is 5.68. The van der Waals surface area contributed by atoms with Gasteiger partial charge in [0.15, 0.2) is 0 Å². The molecule has 0 saturated carbocycles. The lowest BCUT2D eigenvalue weighted by atomic mass is 10.1. The largest absolute Gasteiger partial charge is 0.481 e. The summed E-state index contributed by atoms with van der Waals surface area (Å²) in [6, 6.07) is 0. The van der Waals surface area contributed by atoms with Crippen molar-refractivity contribution >= 4 is 17.6 Å². The quantitative estimate of drug-likeness (QED) is 0.451. The van der Waals surface area contributed by atoms with E-state index < -0.39 is 5.97 Å². The van der Waals surface area contributed by atoms with Gasteiger partial charge < -0.3 is 10.2 Å². The van der Waals surface area contributed by atoms with Crippen LogP contribution < -0.4 is 0 Å². The van der Waals surface area contributed by atoms with E-state index in [1.165, 1.54) is 0 Å². The lowest BCUT2D eigenvalue weighted by Gasteiger charge is -2.12. The Balaban J connectivity index is 0.000000261. The summed E-state index contributed by atoms with van der Waals surface area (Å²) in [5, 5.41) is 16.4. The van der Waals surface area contributed by atoms with Crippen LogP contribution in [0.5, 0.6) is 0 Å². The van der Waals surface area contributed by atoms with E-state index in [4.69, 9.17) is 26.6 Å². The lowest BCUT2D eigenvalue weighted by molar-refractivity contribution is -0.134. The summed E-state index contributed by atoms with van der Waals surface area (Å²) < 4.78 is 0. The number of rotatable bonds is 0. The normalized spacial score (nSPS) is 27.2. The number of aliphatic carboxylic acids is 1. The number of carbonyl (C=O) groups is 1. The van der Waals surface area contributed by atoms with E-state index in [1.807, 2.05) is 6.08 Å². The molecular formula is C8H13ClO3. The van der Waals surface area contributed by atoms with E-state index in [9.17, 15) is 0 Å². The highest BCUT2D eigenvalue weighted by atomic mass is 35.5. The van der Waals surface area contributed by atoms with Crippen LogP contribution in [0.4, 0.5) is 0 Å². The van der Waals surface area contributed by atoms with Crippen LogP contribution >= 0.6 is 11.6 Å². The molecule has 0 bridgehead atoms. The molecule has 0 radical (unpaired) electrons. The molecule has 0 aliphatic heterocycles. The van der Waals surface area contributed by atoms with Crippen molar-refractivity contribution in [3.8, 4) is 0 Å². The molecule has 0 aromatic heterocycles. The molecule has 0 aromatic carbocycles. The average Bonchev–Trinajstić information content (AvgIpc) is 1.94. The second-order valence-corrected chi connectivity index (χ2v) is 3.13. The van der Waals surface area contributed by atoms with Crippen LogP contribution in [-0.2, 0) is 4.79 Å². The maximum Gasteiger partial charge on any atom is 0.300 e. The number of aliphatic hydroxyl groups is 1. The molecule has 0 fully saturated rings. The molecule has 0 spiro atoms. The SMILES string of the molecule is CC(=O)O.O[C@@H]1C=C[C@H](Cl)CC1. The Kier molecular flexibility index (Phi) is 5.76. The Morgan fingerprint density at radius 3 is 2.25 bits per heavy atom. The van der Waals surface area contributed by atoms with Gasteiger partial charge in [0.25, 0.3) is 5.97 Å². The zero-order chi connectivity index (χ0) is 9.56. The van der Waals surface area contributed by atoms with Crippen LogP contribution in [0.15, 0.2) is 12.2 Å². The van der Waals surface area contributed by atoms with Crippen molar-refractivity contribution in [2.24, 2.45) is 0 Å². The van der Waals surface area contributed by atoms with Gasteiger partial charge in [-0.15, -0.1) is 11.6 Å². The molecule has 3 nitrogen and oxygen atoms in total. The van der Waals surface area contributed by atoms with Gasteiger partial charge in [-0.1, -0.05) is 12.2 Å². The average molecular weight is 193 g/mol. The summed E-state index contributed by atoms with van der Waals surface area (Å²) in [4.78, 5) is 9.00. The van der Waals surface area contributed by atoms with Crippen LogP contribution in [0, 0.1) is 0 Å². The van der Waals surface area contributed by atoms with Gasteiger partial charge in [-0.2, -0.15) is 0 Å². The van der Waals surface area contributed by atoms with Crippen molar-refractivity contribution in [3.63, 3.8) is 0 Å². The van der Waals surface area contributed by atoms with E-state index in [-0.39, 0.29) is 11.5 Å². The topological polar surface area (TPSA) is 57.5 Å². The molecule has 12 heavy (non-hydrogen) atoms. The van der Waals surface area contributed by atoms with E-state index in [2.05, 4.69) is 0 Å². The van der Waals surface area contributed by atoms with Crippen molar-refractivity contribution in [3.05, 3.63) is 12.2 Å². The highest BCUT2D eigenvalue weighted by Crippen LogP contribution is 2.15. The fourth-order valence-corrected chi connectivity index (χ4v) is 0.981. The third-order valence-corrected chi connectivity index (χ3v) is 1.64. The minimum absolute atomic E-state index is 0.151. The molecule has 2 atom stereocenters. The standard InChI is InChI=1S/C6H9ClO.C2H4O2/c7-5-1-3-6(8)4-2-5;1-2(3)4/h1,3,5-6,8H,2,4H2;1H3,(H,3,4)/t5-,6+;/m0./s1. The summed E-state index contributed by atoms with van der Waals surface area (Å²) in [6.07, 6.45) is 5.06. The number of alkyl halides is 1. The fraction of sp³-hybridized carbons (Fsp3) is 0.625. The third kappa shape index (κ3) is 7.57. The Morgan fingerprint density at radius 1 is 1.50 bits per heavy atom. The van der Waals surface area contributed by atoms with Gasteiger partial charge in [0.05, 0.1) is 11.5 Å². The first-order valence-electron chi connectivity index (χ1n) is 3.72. The monoisotopic (exact) mass is 192 g/mol. The lowest BCUT2D eigenvalue weighted by Crippen LogP contribution is -2.11. The maximum atomic E-state index is 9.00. The minimum Gasteiger partial charge on any atom is -0.481 e. The number of allylic oxidation sites excluding steroid dienone is 1. The fourth-order valence-electron chi connectivity index (χ4n) is 0.771. The van der Waals surface area contributed by atoms with Crippen molar-refractivity contribution < 1.29 is 15.0 Å². The van der Waals surface area contributed by atoms with Gasteiger partial charge in [-0.05, 0) is 12.8 Å². The van der Waals surface area contributed by atoms with Gasteiger partial charge in [-0.25, -0.2) is 0 Å². The number of halogens is 1. The maximum absolute atomic E-state index is 9.00. The number of hydrogen-bond donors (Lipinski definition) is 2. The molecule has 0 heterocycles. The highest BCUT2D eigenvalue weighted by molar-refractivity contribution is 6.21. The molecule has 2 N–H and O–H groups in total. The number of carboxylic acids is 1. The van der Waals surface area contributed by atoms with E-state index in [0.717, 1.165) is 19.8 Å². The van der Waals surface area contributed by atoms with Gasteiger partial charge in [-0.3, -0.25) is 4.79 Å². The Bertz CT molecular complexity index is 152. The summed E-state index contributed by atoms with van der Waals surface area (Å²) in [6.45, 7) is 1.08. The van der Waals surface area contributed by atoms with Crippen LogP contribution in [0.25, 0.3) is 0 Å². The van der Waals surface area contributed by atoms with Crippen molar-refractivity contribution in [1.82, 2.24) is 0 Å². The first-order valence-corrected chi connectivity index (χ1v) is 4.16. The summed E-state index contributed by atoms with van der Waals surface area (Å²) in [5.41, 5.74) is 0. The van der Waals surface area contributed by atoms with Crippen molar-refractivity contribution in [2.75, 3.05) is 0 Å². The molecule has 0 aromatic rings. The molecule has 4 heteroatoms. The third-order valence-electron chi connectivity index (χ3n) is 1.28. The van der Waals surface area contributed by atoms with Crippen LogP contribution in [0.2, 0.25) is 0 Å². The van der Waals surface area contributed by atoms with Crippen molar-refractivity contribution in [2.45, 2.75) is 31.2 Å². The molecule has 1 aliphatic carbocycles. The zero-order valence-electron chi connectivity index (χ0n) is 6.90. The van der Waals surface area contributed by atoms with Gasteiger partial charge in [0.2, 0.25) is 0 Å². The minimum atomic E-state index is -0.833. The van der Waals surface area contributed by atoms with Gasteiger partial charge in [0, 0.05) is 6.92 Å². The van der Waals surface area contributed by atoms with Gasteiger partial charge >= 0.3 is 0 Å². The second kappa shape index (κ2) is 6.03. The van der Waals surface area contributed by atoms with Crippen LogP contribution in [-0.4, -0.2) is 27.7 Å². The molecular weight excluding hydrogens is 180 g/mol. The second-order valence-electron chi connectivity index (χ2n) is 2.56. The van der Waals surface area contributed by atoms with E-state index in [0.29, 0.717) is 0 Å². The van der Waals surface area contributed by atoms with E-state index >= 15 is 0 Å². The Morgan fingerprint density at radius 2 is 2.00 bits per heavy atom. The first kappa shape index (κ1) is 11.5. The molecule has 70 valence electrons. The summed E-state index contributed by atoms with van der Waals surface area (Å²) in [5.74, 6) is -0.833. The van der Waals surface area contributed by atoms with Gasteiger partial charge in [0.1, 0.15) is 0 Å². The highest BCUT2D eigenvalue weighted by Gasteiger charge is 2.09. The predicted molar refractivity (Wildman–Crippen MR) is 47.3 cm³/mol. The number of aliphatic hydroxyl groups excluding tert-OH is 1. The molecule has 0 unspecified atom stereocenters. The van der Waals surface area contributed by atoms with Crippen LogP contribution in [0.1, 0.15) is 19.8 Å². The predicted octanol–water partition coefficient (Wildman–Crippen LogP) is 1.40. The number of hydrogen-bond acceptors (Lipinski definition) is 2. The Hall–Kier alpha value is -0.540. The zero-order valence-corrected chi connectivity index (χ0v) is 7.66. The van der Waals surface area contributed by atoms with Crippen molar-refractivity contribution in [1.29, 1.82) is 0 Å². The smallest absolute Gasteiger partial charge is 0.300 e. The van der Waals surface area contributed by atoms with E-state index in [1.54, 1.807) is 6.08 Å². The molecule has 1 aliphatic rings. The molecule has 1 rings (SSSR count). The molecule has 0 amide bonds. The Labute approximate surface area is 76.7 Å². The molecule has 0 saturated heterocycles. The van der Waals surface area contributed by atoms with Crippen LogP contribution in [0.3, 0.4) is 0 Å². The summed E-state index contributed by atoms with van der Waals surface area (Å²) in [7, 11) is 0. The first-order chi connectivity index (χ1) is 5.52. The number of carboxylic acid groups (broad SMARTS) is 1.